The zero-order valence-corrected chi connectivity index (χ0v) is 35.4. The Labute approximate surface area is 348 Å². The first kappa shape index (κ1) is 40.7. The summed E-state index contributed by atoms with van der Waals surface area (Å²) < 4.78 is 16.0. The molecule has 0 aliphatic carbocycles. The van der Waals surface area contributed by atoms with Crippen molar-refractivity contribution in [3.8, 4) is 28.1 Å². The van der Waals surface area contributed by atoms with Crippen molar-refractivity contribution in [3.63, 3.8) is 0 Å². The van der Waals surface area contributed by atoms with Gasteiger partial charge in [-0.05, 0) is 82.9 Å². The number of carbonyl (C=O) groups is 4. The zero-order chi connectivity index (χ0) is 42.6. The van der Waals surface area contributed by atoms with Crippen LogP contribution in [0.15, 0.2) is 48.7 Å². The lowest BCUT2D eigenvalue weighted by Gasteiger charge is -2.30. The number of rotatable bonds is 9. The van der Waals surface area contributed by atoms with Gasteiger partial charge >= 0.3 is 12.2 Å². The maximum absolute atomic E-state index is 13.9. The van der Waals surface area contributed by atoms with Gasteiger partial charge in [0, 0.05) is 24.0 Å². The zero-order valence-electron chi connectivity index (χ0n) is 35.4. The lowest BCUT2D eigenvalue weighted by Crippen LogP contribution is -2.51. The Balaban J connectivity index is 1.04. The Bertz CT molecular complexity index is 2470. The molecule has 15 nitrogen and oxygen atoms in total. The van der Waals surface area contributed by atoms with Crippen molar-refractivity contribution in [2.24, 2.45) is 23.7 Å². The van der Waals surface area contributed by atoms with Crippen molar-refractivity contribution in [2.45, 2.75) is 85.2 Å². The molecule has 5 heterocycles. The molecule has 0 saturated carbocycles. The van der Waals surface area contributed by atoms with Crippen LogP contribution in [-0.2, 0) is 25.7 Å². The van der Waals surface area contributed by atoms with Gasteiger partial charge < -0.3 is 44.6 Å². The van der Waals surface area contributed by atoms with Crippen LogP contribution in [0, 0.1) is 23.7 Å². The number of aromatic amines is 2. The minimum absolute atomic E-state index is 0.126. The number of benzene rings is 3. The Morgan fingerprint density at radius 3 is 2.00 bits per heavy atom. The van der Waals surface area contributed by atoms with E-state index in [1.54, 1.807) is 0 Å². The molecule has 3 aliphatic heterocycles. The molecule has 0 spiro atoms. The molecule has 6 atom stereocenters. The van der Waals surface area contributed by atoms with E-state index in [1.807, 2.05) is 49.8 Å². The SMILES string of the molecule is COC(=O)N[C@H](C(=O)N1C[C@@H](C)C[C@H]1c1ncc(-c2ccc3c(c2)COc2cc4c(ccc5[nH]c([C@@H]6C[C@H](C)CN6C(=O)[C@@H](NC(=O)OC)C(C)C)nc54)cc2-3)[nH]1)C(C)C. The topological polar surface area (TPSA) is 184 Å². The van der Waals surface area contributed by atoms with Gasteiger partial charge in [0.15, 0.2) is 0 Å². The van der Waals surface area contributed by atoms with Gasteiger partial charge in [0.2, 0.25) is 11.8 Å². The molecule has 0 unspecified atom stereocenters. The van der Waals surface area contributed by atoms with E-state index in [4.69, 9.17) is 24.2 Å². The van der Waals surface area contributed by atoms with Crippen molar-refractivity contribution in [1.82, 2.24) is 40.4 Å². The molecule has 0 bridgehead atoms. The number of methoxy groups -OCH3 is 2. The molecule has 316 valence electrons. The van der Waals surface area contributed by atoms with Crippen LogP contribution in [0.2, 0.25) is 0 Å². The minimum atomic E-state index is -0.721. The Hall–Kier alpha value is -6.12. The van der Waals surface area contributed by atoms with Crippen molar-refractivity contribution in [2.75, 3.05) is 27.3 Å². The summed E-state index contributed by atoms with van der Waals surface area (Å²) in [7, 11) is 2.58. The lowest BCUT2D eigenvalue weighted by atomic mass is 9.92. The predicted molar refractivity (Wildman–Crippen MR) is 226 cm³/mol. The summed E-state index contributed by atoms with van der Waals surface area (Å²) in [4.78, 5) is 72.5. The molecule has 3 aliphatic rings. The monoisotopic (exact) mass is 818 g/mol. The number of imidazole rings is 2. The van der Waals surface area contributed by atoms with E-state index in [0.29, 0.717) is 31.3 Å². The fourth-order valence-electron chi connectivity index (χ4n) is 9.14. The molecule has 8 rings (SSSR count). The number of nitrogens with zero attached hydrogens (tertiary/aromatic N) is 4. The highest BCUT2D eigenvalue weighted by atomic mass is 16.5. The van der Waals surface area contributed by atoms with Gasteiger partial charge in [-0.3, -0.25) is 9.59 Å². The van der Waals surface area contributed by atoms with Crippen LogP contribution >= 0.6 is 0 Å². The number of hydrogen-bond donors (Lipinski definition) is 4. The summed E-state index contributed by atoms with van der Waals surface area (Å²) in [6, 6.07) is 12.7. The van der Waals surface area contributed by atoms with Gasteiger partial charge in [0.1, 0.15) is 36.1 Å². The average molecular weight is 819 g/mol. The number of fused-ring (bicyclic) bond motifs is 6. The second-order valence-corrected chi connectivity index (χ2v) is 17.4. The maximum Gasteiger partial charge on any atom is 0.407 e. The van der Waals surface area contributed by atoms with Crippen molar-refractivity contribution in [1.29, 1.82) is 0 Å². The molecule has 2 aromatic heterocycles. The maximum atomic E-state index is 13.9. The number of ether oxygens (including phenoxy) is 3. The highest BCUT2D eigenvalue weighted by molar-refractivity contribution is 6.07. The molecular weight excluding hydrogens is 765 g/mol. The van der Waals surface area contributed by atoms with Gasteiger partial charge in [-0.25, -0.2) is 19.6 Å². The van der Waals surface area contributed by atoms with E-state index in [-0.39, 0.29) is 47.6 Å². The molecule has 4 N–H and O–H groups in total. The minimum Gasteiger partial charge on any atom is -0.488 e. The largest absolute Gasteiger partial charge is 0.488 e. The van der Waals surface area contributed by atoms with E-state index in [2.05, 4.69) is 70.8 Å². The average Bonchev–Trinajstić information content (AvgIpc) is 4.05. The second-order valence-electron chi connectivity index (χ2n) is 17.4. The molecule has 3 aromatic carbocycles. The predicted octanol–water partition coefficient (Wildman–Crippen LogP) is 7.25. The summed E-state index contributed by atoms with van der Waals surface area (Å²) >= 11 is 0. The van der Waals surface area contributed by atoms with E-state index in [9.17, 15) is 19.2 Å². The second kappa shape index (κ2) is 16.1. The highest BCUT2D eigenvalue weighted by Crippen LogP contribution is 2.44. The van der Waals surface area contributed by atoms with Crippen LogP contribution in [0.25, 0.3) is 44.2 Å². The van der Waals surface area contributed by atoms with E-state index < -0.39 is 24.3 Å². The number of H-pyrrole nitrogens is 2. The van der Waals surface area contributed by atoms with Crippen LogP contribution in [-0.4, -0.2) is 93.1 Å². The van der Waals surface area contributed by atoms with Crippen LogP contribution in [0.5, 0.6) is 5.75 Å². The Kier molecular flexibility index (Phi) is 10.9. The third-order valence-electron chi connectivity index (χ3n) is 12.3. The number of amides is 4. The molecular formula is C45H54N8O7. The molecule has 15 heteroatoms. The van der Waals surface area contributed by atoms with Gasteiger partial charge in [-0.1, -0.05) is 59.7 Å². The number of likely N-dealkylation sites (tertiary alicyclic amines) is 2. The standard InChI is InChI=1S/C45H54N8O7/c1-22(2)37(50-44(56)58-7)42(54)52-19-24(5)13-34(52)40-46-18-33(48-40)27-9-11-29-28(15-27)21-60-36-17-30-26(16-31(29)36)10-12-32-39(30)49-41(47-32)35-14-25(6)20-53(35)43(55)38(23(3)4)51-45(57)59-8/h9-12,15-18,22-25,34-35,37-38H,13-14,19-21H2,1-8H3,(H,46,48)(H,47,49)(H,50,56)(H,51,57)/t24-,25-,34-,35-,37-,38-/m0/s1. The summed E-state index contributed by atoms with van der Waals surface area (Å²) in [6.45, 7) is 13.4. The van der Waals surface area contributed by atoms with Crippen LogP contribution in [0.3, 0.4) is 0 Å². The first-order valence-electron chi connectivity index (χ1n) is 20.8. The first-order valence-corrected chi connectivity index (χ1v) is 20.8. The molecule has 0 radical (unpaired) electrons. The lowest BCUT2D eigenvalue weighted by molar-refractivity contribution is -0.136. The van der Waals surface area contributed by atoms with E-state index in [0.717, 1.165) is 68.3 Å². The van der Waals surface area contributed by atoms with Crippen molar-refractivity contribution in [3.05, 3.63) is 65.9 Å². The van der Waals surface area contributed by atoms with E-state index in [1.165, 1.54) is 14.2 Å². The number of aromatic nitrogens is 4. The summed E-state index contributed by atoms with van der Waals surface area (Å²) in [5.41, 5.74) is 6.58. The Morgan fingerprint density at radius 2 is 1.40 bits per heavy atom. The quantitative estimate of drug-likeness (QED) is 0.119. The molecule has 5 aromatic rings. The Morgan fingerprint density at radius 1 is 0.783 bits per heavy atom. The molecule has 4 amide bonds. The number of alkyl carbamates (subject to hydrolysis) is 2. The third-order valence-corrected chi connectivity index (χ3v) is 12.3. The summed E-state index contributed by atoms with van der Waals surface area (Å²) in [6.07, 6.45) is 2.05. The van der Waals surface area contributed by atoms with Crippen molar-refractivity contribution < 1.29 is 33.4 Å². The summed E-state index contributed by atoms with van der Waals surface area (Å²) in [5.74, 6) is 2.15. The number of carbonyl (C=O) groups excluding carboxylic acids is 4. The molecule has 2 saturated heterocycles. The molecule has 60 heavy (non-hydrogen) atoms. The smallest absolute Gasteiger partial charge is 0.407 e. The van der Waals surface area contributed by atoms with Gasteiger partial charge in [0.05, 0.1) is 49.2 Å². The fraction of sp³-hybridized carbons (Fsp3) is 0.467. The van der Waals surface area contributed by atoms with Crippen LogP contribution in [0.4, 0.5) is 9.59 Å². The first-order chi connectivity index (χ1) is 28.7. The van der Waals surface area contributed by atoms with Gasteiger partial charge in [-0.2, -0.15) is 0 Å². The molecule has 2 fully saturated rings. The fourth-order valence-corrected chi connectivity index (χ4v) is 9.14. The van der Waals surface area contributed by atoms with Crippen LogP contribution < -0.4 is 15.4 Å². The van der Waals surface area contributed by atoms with Gasteiger partial charge in [0.25, 0.3) is 0 Å². The highest BCUT2D eigenvalue weighted by Gasteiger charge is 2.42. The summed E-state index contributed by atoms with van der Waals surface area (Å²) in [5, 5.41) is 7.41. The van der Waals surface area contributed by atoms with Crippen molar-refractivity contribution >= 4 is 45.8 Å². The number of hydrogen-bond acceptors (Lipinski definition) is 9. The van der Waals surface area contributed by atoms with Gasteiger partial charge in [-0.15, -0.1) is 0 Å². The third kappa shape index (κ3) is 7.49. The van der Waals surface area contributed by atoms with Crippen LogP contribution in [0.1, 0.15) is 83.7 Å². The number of nitrogens with one attached hydrogen (secondary N) is 4. The normalized spacial score (nSPS) is 20.8. The van der Waals surface area contributed by atoms with E-state index >= 15 is 0 Å².